The second-order valence-electron chi connectivity index (χ2n) is 5.04. The maximum absolute atomic E-state index is 3.57. The summed E-state index contributed by atoms with van der Waals surface area (Å²) in [5.74, 6) is 0. The van der Waals surface area contributed by atoms with E-state index in [9.17, 15) is 0 Å². The molecular weight excluding hydrogens is 262 g/mol. The van der Waals surface area contributed by atoms with Gasteiger partial charge in [-0.05, 0) is 30.3 Å². The van der Waals surface area contributed by atoms with E-state index in [0.29, 0.717) is 5.25 Å². The van der Waals surface area contributed by atoms with Crippen LogP contribution in [0.5, 0.6) is 0 Å². The second-order valence-corrected chi connectivity index (χ2v) is 7.20. The van der Waals surface area contributed by atoms with Crippen molar-refractivity contribution in [3.8, 4) is 0 Å². The van der Waals surface area contributed by atoms with E-state index < -0.39 is 0 Å². The minimum Gasteiger partial charge on any atom is -0.347 e. The minimum absolute atomic E-state index is 0.118. The third-order valence-electron chi connectivity index (χ3n) is 3.76. The quantitative estimate of drug-likeness (QED) is 0.748. The van der Waals surface area contributed by atoms with Crippen LogP contribution in [0.2, 0.25) is 0 Å². The molecule has 0 saturated carbocycles. The van der Waals surface area contributed by atoms with Crippen molar-refractivity contribution in [1.82, 2.24) is 0 Å². The van der Waals surface area contributed by atoms with Gasteiger partial charge in [-0.25, -0.2) is 0 Å². The highest BCUT2D eigenvalue weighted by Crippen LogP contribution is 2.43. The molecule has 0 amide bonds. The molecule has 0 saturated heterocycles. The molecular formula is C18H16NS+. The zero-order chi connectivity index (χ0) is 13.4. The van der Waals surface area contributed by atoms with Gasteiger partial charge >= 0.3 is 0 Å². The molecule has 1 aliphatic carbocycles. The van der Waals surface area contributed by atoms with Gasteiger partial charge in [0.2, 0.25) is 0 Å². The molecule has 4 rings (SSSR count). The summed E-state index contributed by atoms with van der Waals surface area (Å²) >= 11 is 0. The van der Waals surface area contributed by atoms with Gasteiger partial charge in [-0.2, -0.15) is 0 Å². The van der Waals surface area contributed by atoms with Crippen molar-refractivity contribution in [1.29, 1.82) is 0 Å². The predicted molar refractivity (Wildman–Crippen MR) is 86.7 cm³/mol. The maximum atomic E-state index is 3.57. The molecule has 98 valence electrons. The fourth-order valence-corrected chi connectivity index (χ4v) is 5.45. The third-order valence-corrected chi connectivity index (χ3v) is 6.38. The molecule has 1 heterocycles. The number of fused-ring (bicyclic) bond motifs is 2. The van der Waals surface area contributed by atoms with E-state index in [1.807, 2.05) is 0 Å². The Morgan fingerprint density at radius 2 is 1.50 bits per heavy atom. The molecule has 2 aromatic rings. The van der Waals surface area contributed by atoms with Crippen LogP contribution in [0.1, 0.15) is 6.42 Å². The first-order chi connectivity index (χ1) is 9.93. The summed E-state index contributed by atoms with van der Waals surface area (Å²) in [6.45, 7) is 0. The highest BCUT2D eigenvalue weighted by Gasteiger charge is 2.40. The van der Waals surface area contributed by atoms with E-state index in [4.69, 9.17) is 0 Å². The molecule has 1 aliphatic heterocycles. The molecule has 0 fully saturated rings. The minimum atomic E-state index is 0.118. The van der Waals surface area contributed by atoms with E-state index in [0.717, 1.165) is 6.42 Å². The van der Waals surface area contributed by atoms with Gasteiger partial charge in [0.15, 0.2) is 15.0 Å². The molecule has 0 aromatic heterocycles. The summed E-state index contributed by atoms with van der Waals surface area (Å²) in [5, 5.41) is 4.15. The van der Waals surface area contributed by atoms with Gasteiger partial charge in [0.05, 0.1) is 22.3 Å². The third kappa shape index (κ3) is 1.88. The van der Waals surface area contributed by atoms with E-state index in [1.54, 1.807) is 0 Å². The van der Waals surface area contributed by atoms with Crippen molar-refractivity contribution in [2.45, 2.75) is 21.5 Å². The first-order valence-electron chi connectivity index (χ1n) is 6.95. The average molecular weight is 278 g/mol. The molecule has 0 spiro atoms. The Bertz CT molecular complexity index is 657. The van der Waals surface area contributed by atoms with Gasteiger partial charge in [-0.1, -0.05) is 42.5 Å². The number of para-hydroxylation sites is 2. The summed E-state index contributed by atoms with van der Waals surface area (Å²) in [6, 6.07) is 17.4. The molecule has 1 nitrogen and oxygen atoms in total. The second kappa shape index (κ2) is 4.88. The van der Waals surface area contributed by atoms with Crippen molar-refractivity contribution >= 4 is 22.3 Å². The number of nitrogens with one attached hydrogen (secondary N) is 1. The van der Waals surface area contributed by atoms with Gasteiger partial charge in [0.25, 0.3) is 0 Å². The van der Waals surface area contributed by atoms with E-state index in [2.05, 4.69) is 78.2 Å². The summed E-state index contributed by atoms with van der Waals surface area (Å²) in [6.07, 6.45) is 10.1. The zero-order valence-corrected chi connectivity index (χ0v) is 11.9. The molecule has 1 unspecified atom stereocenters. The van der Waals surface area contributed by atoms with Crippen molar-refractivity contribution in [3.05, 3.63) is 72.8 Å². The Labute approximate surface area is 122 Å². The number of benzene rings is 2. The van der Waals surface area contributed by atoms with Crippen LogP contribution in [0, 0.1) is 0 Å². The first kappa shape index (κ1) is 11.9. The van der Waals surface area contributed by atoms with Crippen LogP contribution in [0.3, 0.4) is 0 Å². The van der Waals surface area contributed by atoms with Crippen molar-refractivity contribution in [2.24, 2.45) is 0 Å². The van der Waals surface area contributed by atoms with Crippen molar-refractivity contribution < 1.29 is 0 Å². The van der Waals surface area contributed by atoms with Gasteiger partial charge in [0.1, 0.15) is 0 Å². The first-order valence-corrected chi connectivity index (χ1v) is 8.24. The van der Waals surface area contributed by atoms with Crippen molar-refractivity contribution in [2.75, 3.05) is 5.32 Å². The molecule has 20 heavy (non-hydrogen) atoms. The largest absolute Gasteiger partial charge is 0.347 e. The molecule has 1 atom stereocenters. The Kier molecular flexibility index (Phi) is 2.89. The highest BCUT2D eigenvalue weighted by molar-refractivity contribution is 7.98. The van der Waals surface area contributed by atoms with Crippen LogP contribution in [0.15, 0.2) is 82.6 Å². The lowest BCUT2D eigenvalue weighted by molar-refractivity contribution is 1.03. The van der Waals surface area contributed by atoms with Gasteiger partial charge in [-0.3, -0.25) is 0 Å². The van der Waals surface area contributed by atoms with Crippen LogP contribution < -0.4 is 5.32 Å². The smallest absolute Gasteiger partial charge is 0.184 e. The van der Waals surface area contributed by atoms with Gasteiger partial charge in [0, 0.05) is 6.42 Å². The van der Waals surface area contributed by atoms with Gasteiger partial charge in [-0.15, -0.1) is 0 Å². The summed E-state index contributed by atoms with van der Waals surface area (Å²) in [5.41, 5.74) is 2.52. The number of allylic oxidation sites excluding steroid dienone is 3. The molecule has 2 aliphatic rings. The molecule has 2 aromatic carbocycles. The van der Waals surface area contributed by atoms with Crippen LogP contribution >= 0.6 is 0 Å². The number of anilines is 2. The predicted octanol–water partition coefficient (Wildman–Crippen LogP) is 4.66. The molecule has 0 radical (unpaired) electrons. The van der Waals surface area contributed by atoms with E-state index >= 15 is 0 Å². The highest BCUT2D eigenvalue weighted by atomic mass is 32.2. The standard InChI is InChI=1S/C18H16NS/c1-2-8-14(9-3-1)20-17-12-6-4-10-15(17)19-16-11-5-7-13-18(16)20/h1-8,10-14,19H,9H2/q+1. The summed E-state index contributed by atoms with van der Waals surface area (Å²) in [4.78, 5) is 2.88. The van der Waals surface area contributed by atoms with Crippen LogP contribution in [0.25, 0.3) is 0 Å². The Hall–Kier alpha value is -1.93. The number of hydrogen-bond donors (Lipinski definition) is 1. The summed E-state index contributed by atoms with van der Waals surface area (Å²) < 4.78 is 0. The van der Waals surface area contributed by atoms with Crippen molar-refractivity contribution in [3.63, 3.8) is 0 Å². The lowest BCUT2D eigenvalue weighted by atomic mass is 10.2. The van der Waals surface area contributed by atoms with Gasteiger partial charge < -0.3 is 5.32 Å². The van der Waals surface area contributed by atoms with Crippen LogP contribution in [-0.4, -0.2) is 5.25 Å². The average Bonchev–Trinajstić information content (AvgIpc) is 2.53. The van der Waals surface area contributed by atoms with Crippen LogP contribution in [0.4, 0.5) is 11.4 Å². The van der Waals surface area contributed by atoms with E-state index in [1.165, 1.54) is 21.2 Å². The SMILES string of the molecule is C1=CCC([S+]2c3ccccc3Nc3ccccc32)C=C1. The Morgan fingerprint density at radius 3 is 2.10 bits per heavy atom. The Balaban J connectivity index is 1.88. The van der Waals surface area contributed by atoms with E-state index in [-0.39, 0.29) is 10.9 Å². The summed E-state index contributed by atoms with van der Waals surface area (Å²) in [7, 11) is 0.118. The topological polar surface area (TPSA) is 12.0 Å². The molecule has 1 N–H and O–H groups in total. The normalized spacial score (nSPS) is 20.1. The maximum Gasteiger partial charge on any atom is 0.184 e. The molecule has 2 heteroatoms. The van der Waals surface area contributed by atoms with Crippen LogP contribution in [-0.2, 0) is 10.9 Å². The fraction of sp³-hybridized carbons (Fsp3) is 0.111. The zero-order valence-electron chi connectivity index (χ0n) is 11.1. The fourth-order valence-electron chi connectivity index (χ4n) is 2.85. The lowest BCUT2D eigenvalue weighted by Gasteiger charge is -2.25. The lowest BCUT2D eigenvalue weighted by Crippen LogP contribution is -2.25. The molecule has 0 bridgehead atoms. The number of hydrogen-bond acceptors (Lipinski definition) is 1. The Morgan fingerprint density at radius 1 is 0.850 bits per heavy atom. The number of rotatable bonds is 1. The monoisotopic (exact) mass is 278 g/mol.